The first-order chi connectivity index (χ1) is 13.5. The summed E-state index contributed by atoms with van der Waals surface area (Å²) >= 11 is 0. The zero-order valence-electron chi connectivity index (χ0n) is 16.1. The van der Waals surface area contributed by atoms with Gasteiger partial charge in [-0.2, -0.15) is 0 Å². The topological polar surface area (TPSA) is 69.9 Å². The zero-order chi connectivity index (χ0) is 20.1. The molecule has 141 valence electrons. The fourth-order valence-electron chi connectivity index (χ4n) is 3.26. The summed E-state index contributed by atoms with van der Waals surface area (Å²) in [6.45, 7) is 3.80. The van der Waals surface area contributed by atoms with Gasteiger partial charge < -0.3 is 19.7 Å². The van der Waals surface area contributed by atoms with Crippen LogP contribution in [-0.2, 0) is 12.8 Å². The molecule has 0 atom stereocenters. The van der Waals surface area contributed by atoms with Crippen LogP contribution in [-0.4, -0.2) is 29.9 Å². The van der Waals surface area contributed by atoms with Crippen LogP contribution in [0.4, 0.5) is 0 Å². The SMILES string of the molecule is Cc1ccc(Cc2ccc(Cc3ccc(C)c(B(O)O)c3)cc2)cc1O[B]O. The van der Waals surface area contributed by atoms with E-state index in [2.05, 4.69) is 30.3 Å². The maximum Gasteiger partial charge on any atom is 0.569 e. The van der Waals surface area contributed by atoms with Gasteiger partial charge in [0.1, 0.15) is 5.75 Å². The van der Waals surface area contributed by atoms with Crippen LogP contribution in [0.3, 0.4) is 0 Å². The van der Waals surface area contributed by atoms with Gasteiger partial charge in [-0.25, -0.2) is 0 Å². The molecule has 0 aliphatic carbocycles. The first-order valence-electron chi connectivity index (χ1n) is 9.21. The Morgan fingerprint density at radius 2 is 1.25 bits per heavy atom. The lowest BCUT2D eigenvalue weighted by molar-refractivity contribution is 0.425. The lowest BCUT2D eigenvalue weighted by atomic mass is 9.76. The van der Waals surface area contributed by atoms with E-state index in [4.69, 9.17) is 9.68 Å². The Kier molecular flexibility index (Phi) is 6.57. The monoisotopic (exact) mass is 373 g/mol. The van der Waals surface area contributed by atoms with Gasteiger partial charge in [-0.3, -0.25) is 0 Å². The van der Waals surface area contributed by atoms with Gasteiger partial charge in [-0.05, 0) is 66.0 Å². The van der Waals surface area contributed by atoms with Gasteiger partial charge in [0.2, 0.25) is 0 Å². The molecular weight excluding hydrogens is 350 g/mol. The second kappa shape index (κ2) is 9.11. The maximum atomic E-state index is 9.47. The van der Waals surface area contributed by atoms with E-state index < -0.39 is 7.12 Å². The summed E-state index contributed by atoms with van der Waals surface area (Å²) in [5, 5.41) is 27.8. The largest absolute Gasteiger partial charge is 0.569 e. The van der Waals surface area contributed by atoms with E-state index >= 15 is 0 Å². The molecule has 0 saturated heterocycles. The standard InChI is InChI=1S/C22H23B2O4/c1-15-3-5-19(13-21(15)24(26)27)11-17-7-9-18(10-8-17)12-20-6-4-16(2)22(14-20)28-23-25/h3-10,13-14,25-27H,11-12H2,1-2H3. The van der Waals surface area contributed by atoms with E-state index in [1.165, 1.54) is 5.56 Å². The molecule has 0 aliphatic rings. The molecule has 28 heavy (non-hydrogen) atoms. The number of hydrogen-bond acceptors (Lipinski definition) is 4. The number of aryl methyl sites for hydroxylation is 2. The van der Waals surface area contributed by atoms with E-state index in [1.54, 1.807) is 0 Å². The minimum Gasteiger partial charge on any atom is -0.537 e. The zero-order valence-corrected chi connectivity index (χ0v) is 16.1. The highest BCUT2D eigenvalue weighted by atomic mass is 16.5. The van der Waals surface area contributed by atoms with Crippen molar-refractivity contribution in [3.63, 3.8) is 0 Å². The van der Waals surface area contributed by atoms with E-state index in [0.717, 1.165) is 40.7 Å². The van der Waals surface area contributed by atoms with Crippen LogP contribution in [0.1, 0.15) is 33.4 Å². The van der Waals surface area contributed by atoms with Crippen LogP contribution in [0.2, 0.25) is 0 Å². The number of hydrogen-bond donors (Lipinski definition) is 3. The quantitative estimate of drug-likeness (QED) is 0.555. The highest BCUT2D eigenvalue weighted by Crippen LogP contribution is 2.21. The summed E-state index contributed by atoms with van der Waals surface area (Å²) in [4.78, 5) is 0. The molecular formula is C22H23B2O4. The first-order valence-corrected chi connectivity index (χ1v) is 9.21. The predicted molar refractivity (Wildman–Crippen MR) is 113 cm³/mol. The van der Waals surface area contributed by atoms with E-state index in [1.807, 2.05) is 44.2 Å². The molecule has 0 spiro atoms. The van der Waals surface area contributed by atoms with Gasteiger partial charge in [-0.1, -0.05) is 60.2 Å². The molecule has 0 unspecified atom stereocenters. The molecule has 0 heterocycles. The Hall–Kier alpha value is -2.53. The third kappa shape index (κ3) is 5.04. The van der Waals surface area contributed by atoms with Crippen LogP contribution < -0.4 is 10.1 Å². The molecule has 6 heteroatoms. The van der Waals surface area contributed by atoms with Crippen LogP contribution in [0.15, 0.2) is 60.7 Å². The Morgan fingerprint density at radius 1 is 0.750 bits per heavy atom. The van der Waals surface area contributed by atoms with Crippen molar-refractivity contribution in [1.29, 1.82) is 0 Å². The molecule has 0 bridgehead atoms. The number of benzene rings is 3. The number of rotatable bonds is 7. The molecule has 0 aromatic heterocycles. The van der Waals surface area contributed by atoms with Crippen LogP contribution in [0, 0.1) is 13.8 Å². The van der Waals surface area contributed by atoms with E-state index in [9.17, 15) is 10.0 Å². The van der Waals surface area contributed by atoms with Gasteiger partial charge in [0, 0.05) is 0 Å². The second-order valence-electron chi connectivity index (χ2n) is 7.06. The third-order valence-electron chi connectivity index (χ3n) is 4.89. The lowest BCUT2D eigenvalue weighted by Gasteiger charge is -2.10. The smallest absolute Gasteiger partial charge is 0.537 e. The molecule has 1 radical (unpaired) electrons. The summed E-state index contributed by atoms with van der Waals surface area (Å²) < 4.78 is 5.13. The van der Waals surface area contributed by atoms with Crippen molar-refractivity contribution in [3.05, 3.63) is 94.0 Å². The molecule has 0 saturated carbocycles. The molecule has 4 nitrogen and oxygen atoms in total. The van der Waals surface area contributed by atoms with E-state index in [-0.39, 0.29) is 0 Å². The third-order valence-corrected chi connectivity index (χ3v) is 4.89. The second-order valence-corrected chi connectivity index (χ2v) is 7.06. The summed E-state index contributed by atoms with van der Waals surface area (Å²) in [6, 6.07) is 20.1. The fourth-order valence-corrected chi connectivity index (χ4v) is 3.26. The van der Waals surface area contributed by atoms with Crippen LogP contribution >= 0.6 is 0 Å². The van der Waals surface area contributed by atoms with Crippen molar-refractivity contribution in [1.82, 2.24) is 0 Å². The van der Waals surface area contributed by atoms with Gasteiger partial charge in [0.15, 0.2) is 0 Å². The van der Waals surface area contributed by atoms with Crippen LogP contribution in [0.5, 0.6) is 5.75 Å². The Bertz CT molecular complexity index is 940. The maximum absolute atomic E-state index is 9.47. The van der Waals surface area contributed by atoms with Crippen molar-refractivity contribution in [2.24, 2.45) is 0 Å². The van der Waals surface area contributed by atoms with Crippen molar-refractivity contribution in [2.45, 2.75) is 26.7 Å². The fraction of sp³-hybridized carbons (Fsp3) is 0.182. The van der Waals surface area contributed by atoms with Crippen molar-refractivity contribution in [3.8, 4) is 5.75 Å². The van der Waals surface area contributed by atoms with Gasteiger partial charge in [0.25, 0.3) is 0 Å². The van der Waals surface area contributed by atoms with Crippen LogP contribution in [0.25, 0.3) is 0 Å². The average molecular weight is 373 g/mol. The summed E-state index contributed by atoms with van der Waals surface area (Å²) in [6.07, 6.45) is 1.50. The van der Waals surface area contributed by atoms with Crippen molar-refractivity contribution in [2.75, 3.05) is 0 Å². The lowest BCUT2D eigenvalue weighted by Crippen LogP contribution is -2.32. The molecule has 3 aromatic rings. The summed E-state index contributed by atoms with van der Waals surface area (Å²) in [5.41, 5.74) is 6.88. The highest BCUT2D eigenvalue weighted by Gasteiger charge is 2.14. The first kappa shape index (κ1) is 20.2. The van der Waals surface area contributed by atoms with Gasteiger partial charge >= 0.3 is 14.8 Å². The van der Waals surface area contributed by atoms with Crippen molar-refractivity contribution >= 4 is 20.3 Å². The minimum atomic E-state index is -1.45. The van der Waals surface area contributed by atoms with Crippen molar-refractivity contribution < 1.29 is 19.7 Å². The molecule has 3 aromatic carbocycles. The molecule has 3 rings (SSSR count). The normalized spacial score (nSPS) is 10.6. The Labute approximate surface area is 166 Å². The Morgan fingerprint density at radius 3 is 1.79 bits per heavy atom. The predicted octanol–water partition coefficient (Wildman–Crippen LogP) is 2.07. The molecule has 0 amide bonds. The molecule has 0 aliphatic heterocycles. The summed E-state index contributed by atoms with van der Waals surface area (Å²) in [7, 11) is -0.748. The minimum absolute atomic E-state index is 0.548. The van der Waals surface area contributed by atoms with E-state index in [0.29, 0.717) is 18.9 Å². The highest BCUT2D eigenvalue weighted by molar-refractivity contribution is 6.59. The molecule has 3 N–H and O–H groups in total. The van der Waals surface area contributed by atoms with Gasteiger partial charge in [0.05, 0.1) is 0 Å². The average Bonchev–Trinajstić information content (AvgIpc) is 2.67. The Balaban J connectivity index is 1.70. The van der Waals surface area contributed by atoms with Gasteiger partial charge in [-0.15, -0.1) is 0 Å². The molecule has 0 fully saturated rings. The summed E-state index contributed by atoms with van der Waals surface area (Å²) in [5.74, 6) is 0.651.